The number of amides is 1. The molecule has 2 aromatic carbocycles. The maximum absolute atomic E-state index is 13.7. The van der Waals surface area contributed by atoms with Crippen molar-refractivity contribution >= 4 is 11.6 Å². The Hall–Kier alpha value is -3.28. The number of anilines is 1. The van der Waals surface area contributed by atoms with Crippen molar-refractivity contribution in [1.82, 2.24) is 9.97 Å². The zero-order valence-electron chi connectivity index (χ0n) is 15.4. The average Bonchev–Trinajstić information content (AvgIpc) is 2.60. The number of aryl methyl sites for hydroxylation is 3. The van der Waals surface area contributed by atoms with E-state index in [1.54, 1.807) is 26.0 Å². The van der Waals surface area contributed by atoms with E-state index in [4.69, 9.17) is 4.74 Å². The number of nitrogens with one attached hydrogen (secondary N) is 1. The van der Waals surface area contributed by atoms with Crippen LogP contribution in [0.2, 0.25) is 0 Å². The van der Waals surface area contributed by atoms with E-state index < -0.39 is 5.82 Å². The summed E-state index contributed by atoms with van der Waals surface area (Å²) < 4.78 is 19.2. The van der Waals surface area contributed by atoms with Gasteiger partial charge in [0.2, 0.25) is 5.91 Å². The summed E-state index contributed by atoms with van der Waals surface area (Å²) in [6, 6.07) is 13.9. The van der Waals surface area contributed by atoms with Gasteiger partial charge in [0.05, 0.1) is 23.5 Å². The molecule has 1 heterocycles. The van der Waals surface area contributed by atoms with E-state index in [9.17, 15) is 9.18 Å². The summed E-state index contributed by atoms with van der Waals surface area (Å²) in [5, 5.41) is 2.86. The molecule has 1 aromatic heterocycles. The van der Waals surface area contributed by atoms with Crippen molar-refractivity contribution in [2.24, 2.45) is 0 Å². The zero-order valence-corrected chi connectivity index (χ0v) is 15.4. The van der Waals surface area contributed by atoms with Crippen LogP contribution in [0.5, 0.6) is 11.8 Å². The van der Waals surface area contributed by atoms with E-state index in [2.05, 4.69) is 15.3 Å². The maximum atomic E-state index is 13.7. The second-order valence-corrected chi connectivity index (χ2v) is 6.30. The number of hydrogen-bond donors (Lipinski definition) is 1. The number of carbonyl (C=O) groups is 1. The molecule has 27 heavy (non-hydrogen) atoms. The van der Waals surface area contributed by atoms with Crippen LogP contribution in [0.4, 0.5) is 10.1 Å². The predicted molar refractivity (Wildman–Crippen MR) is 101 cm³/mol. The van der Waals surface area contributed by atoms with E-state index in [1.165, 1.54) is 12.1 Å². The molecule has 0 radical (unpaired) electrons. The minimum atomic E-state index is -0.494. The van der Waals surface area contributed by atoms with Crippen LogP contribution in [-0.4, -0.2) is 15.9 Å². The Kier molecular flexibility index (Phi) is 5.45. The van der Waals surface area contributed by atoms with Crippen molar-refractivity contribution in [3.63, 3.8) is 0 Å². The Labute approximate surface area is 157 Å². The Bertz CT molecular complexity index is 966. The summed E-state index contributed by atoms with van der Waals surface area (Å²) in [5.41, 5.74) is 3.67. The van der Waals surface area contributed by atoms with Gasteiger partial charge in [-0.25, -0.2) is 4.39 Å². The van der Waals surface area contributed by atoms with Crippen LogP contribution in [0, 0.1) is 26.6 Å². The van der Waals surface area contributed by atoms with Crippen molar-refractivity contribution in [2.75, 3.05) is 5.32 Å². The fourth-order valence-electron chi connectivity index (χ4n) is 2.73. The fraction of sp³-hybridized carbons (Fsp3) is 0.190. The van der Waals surface area contributed by atoms with Gasteiger partial charge in [-0.3, -0.25) is 4.79 Å². The zero-order chi connectivity index (χ0) is 19.4. The number of aromatic nitrogens is 2. The molecular formula is C21H20FN3O2. The maximum Gasteiger partial charge on any atom is 0.322 e. The molecule has 3 rings (SSSR count). The molecule has 0 bridgehead atoms. The number of halogens is 1. The van der Waals surface area contributed by atoms with Gasteiger partial charge in [0.25, 0.3) is 0 Å². The summed E-state index contributed by atoms with van der Waals surface area (Å²) >= 11 is 0. The third kappa shape index (κ3) is 4.67. The Morgan fingerprint density at radius 3 is 2.41 bits per heavy atom. The van der Waals surface area contributed by atoms with E-state index in [1.807, 2.05) is 31.2 Å². The van der Waals surface area contributed by atoms with Crippen molar-refractivity contribution < 1.29 is 13.9 Å². The van der Waals surface area contributed by atoms with E-state index in [0.717, 1.165) is 11.1 Å². The molecule has 3 aromatic rings. The Balaban J connectivity index is 1.75. The standard InChI is InChI=1S/C21H20FN3O2/c1-13-7-6-8-16(11-13)12-19(26)25-20-14(2)23-21(24-15(20)3)27-18-10-5-4-9-17(18)22/h4-11H,12H2,1-3H3,(H,25,26). The first-order valence-electron chi connectivity index (χ1n) is 8.55. The first-order chi connectivity index (χ1) is 12.9. The lowest BCUT2D eigenvalue weighted by Gasteiger charge is -2.13. The highest BCUT2D eigenvalue weighted by atomic mass is 19.1. The lowest BCUT2D eigenvalue weighted by atomic mass is 10.1. The molecule has 0 saturated heterocycles. The van der Waals surface area contributed by atoms with E-state index >= 15 is 0 Å². The van der Waals surface area contributed by atoms with E-state index in [-0.39, 0.29) is 24.1 Å². The largest absolute Gasteiger partial charge is 0.421 e. The highest BCUT2D eigenvalue weighted by Gasteiger charge is 2.14. The molecule has 138 valence electrons. The smallest absolute Gasteiger partial charge is 0.322 e. The van der Waals surface area contributed by atoms with Crippen LogP contribution < -0.4 is 10.1 Å². The number of benzene rings is 2. The quantitative estimate of drug-likeness (QED) is 0.722. The number of nitrogens with zero attached hydrogens (tertiary/aromatic N) is 2. The van der Waals surface area contributed by atoms with Crippen LogP contribution in [0.15, 0.2) is 48.5 Å². The van der Waals surface area contributed by atoms with Gasteiger partial charge in [-0.05, 0) is 38.5 Å². The molecule has 0 spiro atoms. The first-order valence-corrected chi connectivity index (χ1v) is 8.55. The third-order valence-corrected chi connectivity index (χ3v) is 4.00. The lowest BCUT2D eigenvalue weighted by molar-refractivity contribution is -0.115. The minimum absolute atomic E-state index is 0.0341. The van der Waals surface area contributed by atoms with Gasteiger partial charge in [-0.15, -0.1) is 0 Å². The number of para-hydroxylation sites is 1. The average molecular weight is 365 g/mol. The molecule has 0 fully saturated rings. The molecule has 0 unspecified atom stereocenters. The highest BCUT2D eigenvalue weighted by Crippen LogP contribution is 2.25. The fourth-order valence-corrected chi connectivity index (χ4v) is 2.73. The minimum Gasteiger partial charge on any atom is -0.421 e. The van der Waals surface area contributed by atoms with Crippen molar-refractivity contribution in [1.29, 1.82) is 0 Å². The number of hydrogen-bond acceptors (Lipinski definition) is 4. The summed E-state index contributed by atoms with van der Waals surface area (Å²) in [5.74, 6) is -0.599. The molecule has 1 amide bonds. The second kappa shape index (κ2) is 7.95. The second-order valence-electron chi connectivity index (χ2n) is 6.30. The van der Waals surface area contributed by atoms with Gasteiger partial charge < -0.3 is 10.1 Å². The van der Waals surface area contributed by atoms with E-state index in [0.29, 0.717) is 17.1 Å². The molecule has 1 N–H and O–H groups in total. The molecule has 0 saturated carbocycles. The summed E-state index contributed by atoms with van der Waals surface area (Å²) in [7, 11) is 0. The molecule has 5 nitrogen and oxygen atoms in total. The Morgan fingerprint density at radius 1 is 1.04 bits per heavy atom. The number of ether oxygens (including phenoxy) is 1. The summed E-state index contributed by atoms with van der Waals surface area (Å²) in [6.07, 6.45) is 0.258. The van der Waals surface area contributed by atoms with Crippen molar-refractivity contribution in [3.05, 3.63) is 76.9 Å². The van der Waals surface area contributed by atoms with Crippen LogP contribution in [0.3, 0.4) is 0 Å². The molecule has 0 atom stereocenters. The van der Waals surface area contributed by atoms with Crippen LogP contribution in [0.1, 0.15) is 22.5 Å². The van der Waals surface area contributed by atoms with Crippen molar-refractivity contribution in [2.45, 2.75) is 27.2 Å². The van der Waals surface area contributed by atoms with Crippen molar-refractivity contribution in [3.8, 4) is 11.8 Å². The normalized spacial score (nSPS) is 10.5. The number of carbonyl (C=O) groups excluding carboxylic acids is 1. The van der Waals surface area contributed by atoms with Crippen LogP contribution in [0.25, 0.3) is 0 Å². The summed E-state index contributed by atoms with van der Waals surface area (Å²) in [4.78, 5) is 20.8. The van der Waals surface area contributed by atoms with Gasteiger partial charge in [0.15, 0.2) is 11.6 Å². The highest BCUT2D eigenvalue weighted by molar-refractivity contribution is 5.93. The molecule has 0 aliphatic carbocycles. The van der Waals surface area contributed by atoms with Gasteiger partial charge >= 0.3 is 6.01 Å². The van der Waals surface area contributed by atoms with Gasteiger partial charge in [-0.1, -0.05) is 42.0 Å². The van der Waals surface area contributed by atoms with Crippen LogP contribution in [-0.2, 0) is 11.2 Å². The molecule has 0 aliphatic heterocycles. The van der Waals surface area contributed by atoms with Gasteiger partial charge in [0, 0.05) is 0 Å². The topological polar surface area (TPSA) is 64.1 Å². The lowest BCUT2D eigenvalue weighted by Crippen LogP contribution is -2.17. The molecule has 0 aliphatic rings. The summed E-state index contributed by atoms with van der Waals surface area (Å²) in [6.45, 7) is 5.47. The third-order valence-electron chi connectivity index (χ3n) is 4.00. The van der Waals surface area contributed by atoms with Gasteiger partial charge in [0.1, 0.15) is 0 Å². The Morgan fingerprint density at radius 2 is 1.74 bits per heavy atom. The molecule has 6 heteroatoms. The SMILES string of the molecule is Cc1cccc(CC(=O)Nc2c(C)nc(Oc3ccccc3F)nc2C)c1. The number of rotatable bonds is 5. The predicted octanol–water partition coefficient (Wildman–Crippen LogP) is 4.51. The van der Waals surface area contributed by atoms with Crippen LogP contribution >= 0.6 is 0 Å². The first kappa shape index (κ1) is 18.5. The monoisotopic (exact) mass is 365 g/mol. The van der Waals surface area contributed by atoms with Gasteiger partial charge in [-0.2, -0.15) is 9.97 Å². The molecular weight excluding hydrogens is 345 g/mol.